The van der Waals surface area contributed by atoms with Gasteiger partial charge in [0.05, 0.1) is 6.54 Å². The molecular formula is C17H18ClN3O2. The number of hydrogen-bond acceptors (Lipinski definition) is 3. The molecule has 0 fully saturated rings. The molecular weight excluding hydrogens is 314 g/mol. The lowest BCUT2D eigenvalue weighted by Crippen LogP contribution is -2.21. The number of carbonyl (C=O) groups excluding carboxylic acids is 2. The first-order valence-corrected chi connectivity index (χ1v) is 7.64. The Morgan fingerprint density at radius 2 is 1.57 bits per heavy atom. The molecule has 0 heterocycles. The van der Waals surface area contributed by atoms with Gasteiger partial charge in [-0.1, -0.05) is 24.6 Å². The fourth-order valence-corrected chi connectivity index (χ4v) is 2.06. The molecule has 2 aromatic rings. The van der Waals surface area contributed by atoms with Crippen LogP contribution in [0.25, 0.3) is 0 Å². The summed E-state index contributed by atoms with van der Waals surface area (Å²) in [7, 11) is 0. The zero-order valence-electron chi connectivity index (χ0n) is 12.7. The summed E-state index contributed by atoms with van der Waals surface area (Å²) < 4.78 is 0. The molecule has 3 N–H and O–H groups in total. The highest BCUT2D eigenvalue weighted by Crippen LogP contribution is 2.15. The number of benzene rings is 2. The molecule has 0 aliphatic carbocycles. The van der Waals surface area contributed by atoms with Crippen LogP contribution in [-0.4, -0.2) is 18.4 Å². The van der Waals surface area contributed by atoms with E-state index in [4.69, 9.17) is 11.6 Å². The van der Waals surface area contributed by atoms with E-state index >= 15 is 0 Å². The molecule has 2 aromatic carbocycles. The lowest BCUT2D eigenvalue weighted by Gasteiger charge is -2.09. The average Bonchev–Trinajstić information content (AvgIpc) is 2.54. The molecule has 120 valence electrons. The third-order valence-corrected chi connectivity index (χ3v) is 3.29. The van der Waals surface area contributed by atoms with Crippen molar-refractivity contribution in [2.24, 2.45) is 0 Å². The van der Waals surface area contributed by atoms with Crippen molar-refractivity contribution in [3.63, 3.8) is 0 Å². The van der Waals surface area contributed by atoms with Gasteiger partial charge < -0.3 is 16.0 Å². The molecule has 23 heavy (non-hydrogen) atoms. The number of rotatable bonds is 6. The minimum Gasteiger partial charge on any atom is -0.376 e. The molecule has 0 aliphatic rings. The van der Waals surface area contributed by atoms with E-state index in [2.05, 4.69) is 16.0 Å². The number of hydrogen-bond donors (Lipinski definition) is 3. The smallest absolute Gasteiger partial charge is 0.243 e. The van der Waals surface area contributed by atoms with Crippen molar-refractivity contribution in [3.8, 4) is 0 Å². The topological polar surface area (TPSA) is 70.2 Å². The summed E-state index contributed by atoms with van der Waals surface area (Å²) in [5.41, 5.74) is 2.17. The van der Waals surface area contributed by atoms with Crippen LogP contribution in [0.5, 0.6) is 0 Å². The molecule has 0 atom stereocenters. The van der Waals surface area contributed by atoms with E-state index < -0.39 is 0 Å². The van der Waals surface area contributed by atoms with Gasteiger partial charge in [0.1, 0.15) is 0 Å². The molecule has 0 spiro atoms. The number of nitrogens with one attached hydrogen (secondary N) is 3. The maximum Gasteiger partial charge on any atom is 0.243 e. The summed E-state index contributed by atoms with van der Waals surface area (Å²) >= 11 is 5.87. The van der Waals surface area contributed by atoms with E-state index in [1.165, 1.54) is 0 Å². The van der Waals surface area contributed by atoms with Crippen molar-refractivity contribution in [1.82, 2.24) is 0 Å². The van der Waals surface area contributed by atoms with Gasteiger partial charge in [-0.3, -0.25) is 9.59 Å². The van der Waals surface area contributed by atoms with Crippen molar-refractivity contribution >= 4 is 40.5 Å². The lowest BCUT2D eigenvalue weighted by molar-refractivity contribution is -0.116. The van der Waals surface area contributed by atoms with Crippen molar-refractivity contribution in [2.75, 3.05) is 22.5 Å². The van der Waals surface area contributed by atoms with Crippen LogP contribution in [0, 0.1) is 0 Å². The van der Waals surface area contributed by atoms with E-state index in [1.807, 2.05) is 0 Å². The number of carbonyl (C=O) groups is 2. The van der Waals surface area contributed by atoms with Gasteiger partial charge in [-0.25, -0.2) is 0 Å². The zero-order valence-corrected chi connectivity index (χ0v) is 13.5. The van der Waals surface area contributed by atoms with E-state index in [9.17, 15) is 9.59 Å². The van der Waals surface area contributed by atoms with E-state index in [0.717, 1.165) is 11.4 Å². The summed E-state index contributed by atoms with van der Waals surface area (Å²) in [5.74, 6) is -0.206. The van der Waals surface area contributed by atoms with Crippen LogP contribution in [0.15, 0.2) is 48.5 Å². The Labute approximate surface area is 140 Å². The van der Waals surface area contributed by atoms with Gasteiger partial charge in [-0.05, 0) is 42.5 Å². The summed E-state index contributed by atoms with van der Waals surface area (Å²) in [6.07, 6.45) is 0.434. The van der Waals surface area contributed by atoms with Gasteiger partial charge in [-0.2, -0.15) is 0 Å². The summed E-state index contributed by atoms with van der Waals surface area (Å²) in [4.78, 5) is 23.2. The quantitative estimate of drug-likeness (QED) is 0.755. The van der Waals surface area contributed by atoms with Crippen LogP contribution >= 0.6 is 11.6 Å². The third kappa shape index (κ3) is 5.64. The summed E-state index contributed by atoms with van der Waals surface area (Å²) in [5, 5.41) is 9.10. The average molecular weight is 332 g/mol. The van der Waals surface area contributed by atoms with E-state index in [1.54, 1.807) is 55.5 Å². The van der Waals surface area contributed by atoms with Crippen molar-refractivity contribution in [3.05, 3.63) is 53.6 Å². The van der Waals surface area contributed by atoms with Gasteiger partial charge in [0.15, 0.2) is 0 Å². The largest absolute Gasteiger partial charge is 0.376 e. The predicted molar refractivity (Wildman–Crippen MR) is 93.9 cm³/mol. The first kappa shape index (κ1) is 16.8. The van der Waals surface area contributed by atoms with Crippen molar-refractivity contribution in [1.29, 1.82) is 0 Å². The SMILES string of the molecule is CCC(=O)Nc1ccc(NCC(=O)Nc2cccc(Cl)c2)cc1. The minimum atomic E-state index is -0.171. The molecule has 0 saturated carbocycles. The molecule has 2 amide bonds. The highest BCUT2D eigenvalue weighted by molar-refractivity contribution is 6.30. The molecule has 0 aromatic heterocycles. The Morgan fingerprint density at radius 3 is 2.22 bits per heavy atom. The van der Waals surface area contributed by atoms with Crippen LogP contribution in [0.4, 0.5) is 17.1 Å². The van der Waals surface area contributed by atoms with Crippen LogP contribution in [-0.2, 0) is 9.59 Å². The maximum absolute atomic E-state index is 11.9. The lowest BCUT2D eigenvalue weighted by atomic mass is 10.2. The van der Waals surface area contributed by atoms with Gasteiger partial charge in [-0.15, -0.1) is 0 Å². The van der Waals surface area contributed by atoms with E-state index in [-0.39, 0.29) is 18.4 Å². The van der Waals surface area contributed by atoms with Crippen LogP contribution < -0.4 is 16.0 Å². The van der Waals surface area contributed by atoms with Gasteiger partial charge in [0, 0.05) is 28.5 Å². The minimum absolute atomic E-state index is 0.0355. The predicted octanol–water partition coefficient (Wildman–Crippen LogP) is 3.74. The molecule has 2 rings (SSSR count). The van der Waals surface area contributed by atoms with Crippen molar-refractivity contribution in [2.45, 2.75) is 13.3 Å². The zero-order chi connectivity index (χ0) is 16.7. The van der Waals surface area contributed by atoms with Gasteiger partial charge in [0.2, 0.25) is 11.8 Å². The van der Waals surface area contributed by atoms with Gasteiger partial charge >= 0.3 is 0 Å². The second-order valence-corrected chi connectivity index (χ2v) is 5.33. The van der Waals surface area contributed by atoms with Crippen LogP contribution in [0.1, 0.15) is 13.3 Å². The van der Waals surface area contributed by atoms with E-state index in [0.29, 0.717) is 17.1 Å². The van der Waals surface area contributed by atoms with Crippen molar-refractivity contribution < 1.29 is 9.59 Å². The number of halogens is 1. The summed E-state index contributed by atoms with van der Waals surface area (Å²) in [6.45, 7) is 1.93. The maximum atomic E-state index is 11.9. The third-order valence-electron chi connectivity index (χ3n) is 3.05. The normalized spacial score (nSPS) is 10.0. The molecule has 5 nitrogen and oxygen atoms in total. The second-order valence-electron chi connectivity index (χ2n) is 4.89. The molecule has 6 heteroatoms. The highest BCUT2D eigenvalue weighted by atomic mass is 35.5. The fourth-order valence-electron chi connectivity index (χ4n) is 1.87. The van der Waals surface area contributed by atoms with Gasteiger partial charge in [0.25, 0.3) is 0 Å². The molecule has 0 bridgehead atoms. The number of anilines is 3. The first-order chi connectivity index (χ1) is 11.1. The molecule has 0 radical (unpaired) electrons. The van der Waals surface area contributed by atoms with Crippen LogP contribution in [0.2, 0.25) is 5.02 Å². The monoisotopic (exact) mass is 331 g/mol. The Bertz CT molecular complexity index is 686. The first-order valence-electron chi connectivity index (χ1n) is 7.26. The summed E-state index contributed by atoms with van der Waals surface area (Å²) in [6, 6.07) is 14.1. The molecule has 0 unspecified atom stereocenters. The fraction of sp³-hybridized carbons (Fsp3) is 0.176. The Kier molecular flexibility index (Phi) is 6.00. The second kappa shape index (κ2) is 8.19. The Balaban J connectivity index is 1.83. The Morgan fingerprint density at radius 1 is 0.913 bits per heavy atom. The van der Waals surface area contributed by atoms with Crippen LogP contribution in [0.3, 0.4) is 0 Å². The molecule has 0 aliphatic heterocycles. The highest BCUT2D eigenvalue weighted by Gasteiger charge is 2.03. The molecule has 0 saturated heterocycles. The Hall–Kier alpha value is -2.53. The number of amides is 2. The standard InChI is InChI=1S/C17H18ClN3O2/c1-2-16(22)20-14-8-6-13(7-9-14)19-11-17(23)21-15-5-3-4-12(18)10-15/h3-10,19H,2,11H2,1H3,(H,20,22)(H,21,23).